The van der Waals surface area contributed by atoms with Crippen LogP contribution in [0.2, 0.25) is 0 Å². The van der Waals surface area contributed by atoms with Crippen LogP contribution in [0.5, 0.6) is 0 Å². The molecule has 13 heteroatoms. The minimum absolute atomic E-state index is 0. The third-order valence-corrected chi connectivity index (χ3v) is 5.36. The number of benzene rings is 1. The summed E-state index contributed by atoms with van der Waals surface area (Å²) in [7, 11) is 0. The molecule has 1 saturated heterocycles. The summed E-state index contributed by atoms with van der Waals surface area (Å²) in [6.07, 6.45) is -2.33. The number of nitrogens with two attached hydrogens (primary N) is 1. The first-order valence-electron chi connectivity index (χ1n) is 10.2. The van der Waals surface area contributed by atoms with Gasteiger partial charge in [-0.25, -0.2) is 11.0 Å². The van der Waals surface area contributed by atoms with Crippen LogP contribution in [0.4, 0.5) is 30.6 Å². The Bertz CT molecular complexity index is 1220. The van der Waals surface area contributed by atoms with Crippen LogP contribution in [0.3, 0.4) is 0 Å². The zero-order valence-electron chi connectivity index (χ0n) is 18.4. The Hall–Kier alpha value is -3.31. The van der Waals surface area contributed by atoms with Crippen molar-refractivity contribution >= 4 is 29.6 Å². The molecule has 35 heavy (non-hydrogen) atoms. The summed E-state index contributed by atoms with van der Waals surface area (Å²) in [5.74, 6) is -0.162. The van der Waals surface area contributed by atoms with Gasteiger partial charge in [-0.1, -0.05) is 18.7 Å². The Labute approximate surface area is 211 Å². The van der Waals surface area contributed by atoms with Gasteiger partial charge in [0, 0.05) is 24.4 Å². The van der Waals surface area contributed by atoms with Crippen molar-refractivity contribution in [2.45, 2.75) is 13.1 Å². The number of rotatable bonds is 6. The van der Waals surface area contributed by atoms with Crippen molar-refractivity contribution in [3.63, 3.8) is 0 Å². The molecule has 0 saturated carbocycles. The van der Waals surface area contributed by atoms with Crippen LogP contribution in [0.25, 0.3) is 11.1 Å². The van der Waals surface area contributed by atoms with Crippen LogP contribution >= 0.6 is 0 Å². The van der Waals surface area contributed by atoms with Gasteiger partial charge in [-0.3, -0.25) is 9.89 Å². The fourth-order valence-electron chi connectivity index (χ4n) is 3.83. The van der Waals surface area contributed by atoms with Gasteiger partial charge in [0.1, 0.15) is 17.5 Å². The van der Waals surface area contributed by atoms with E-state index in [2.05, 4.69) is 20.5 Å². The van der Waals surface area contributed by atoms with Gasteiger partial charge in [0.15, 0.2) is 0 Å². The summed E-state index contributed by atoms with van der Waals surface area (Å²) >= 11 is 0. The van der Waals surface area contributed by atoms with Gasteiger partial charge >= 0.3 is 25.7 Å². The molecule has 1 fully saturated rings. The number of primary amides is 1. The predicted octanol–water partition coefficient (Wildman–Crippen LogP) is 3.72. The van der Waals surface area contributed by atoms with Crippen LogP contribution in [-0.4, -0.2) is 47.1 Å². The second-order valence-electron chi connectivity index (χ2n) is 7.56. The number of pyridine rings is 1. The molecule has 0 spiro atoms. The molecule has 185 valence electrons. The molecule has 0 atom stereocenters. The van der Waals surface area contributed by atoms with Crippen molar-refractivity contribution in [1.82, 2.24) is 15.2 Å². The van der Waals surface area contributed by atoms with Crippen molar-refractivity contribution < 1.29 is 42.2 Å². The van der Waals surface area contributed by atoms with Crippen LogP contribution < -0.4 is 16.0 Å². The topological polar surface area (TPSA) is 133 Å². The molecule has 2 aromatic heterocycles. The van der Waals surface area contributed by atoms with E-state index in [1.807, 2.05) is 11.8 Å². The smallest absolute Gasteiger partial charge is 0.501 e. The number of hydrogen-bond acceptors (Lipinski definition) is 7. The number of anilines is 3. The second-order valence-corrected chi connectivity index (χ2v) is 7.56. The van der Waals surface area contributed by atoms with E-state index in [0.29, 0.717) is 31.4 Å². The average Bonchev–Trinajstić information content (AvgIpc) is 3.31. The van der Waals surface area contributed by atoms with E-state index in [-0.39, 0.29) is 42.0 Å². The van der Waals surface area contributed by atoms with E-state index in [1.165, 1.54) is 18.3 Å². The van der Waals surface area contributed by atoms with Crippen molar-refractivity contribution in [1.29, 1.82) is 5.41 Å². The van der Waals surface area contributed by atoms with Crippen LogP contribution in [0, 0.1) is 11.5 Å². The summed E-state index contributed by atoms with van der Waals surface area (Å²) in [5, 5.41) is 17.6. The molecule has 4 rings (SSSR count). The van der Waals surface area contributed by atoms with Crippen molar-refractivity contribution in [3.8, 4) is 11.1 Å². The van der Waals surface area contributed by atoms with Gasteiger partial charge in [-0.2, -0.15) is 25.2 Å². The van der Waals surface area contributed by atoms with Crippen LogP contribution in [0.1, 0.15) is 28.4 Å². The van der Waals surface area contributed by atoms with E-state index in [0.717, 1.165) is 18.3 Å². The first kappa shape index (κ1) is 26.3. The van der Waals surface area contributed by atoms with Crippen molar-refractivity contribution in [2.75, 3.05) is 30.0 Å². The summed E-state index contributed by atoms with van der Waals surface area (Å²) in [4.78, 5) is 18.7. The number of morpholine rings is 1. The van der Waals surface area contributed by atoms with E-state index < -0.39 is 23.2 Å². The van der Waals surface area contributed by atoms with Gasteiger partial charge in [-0.15, -0.1) is 0 Å². The fraction of sp³-hybridized carbons (Fsp3) is 0.227. The summed E-state index contributed by atoms with van der Waals surface area (Å²) < 4.78 is 46.6. The number of nitrogens with zero attached hydrogens (tertiary/aromatic N) is 3. The normalized spacial score (nSPS) is 14.3. The minimum Gasteiger partial charge on any atom is -0.501 e. The number of alkyl halides is 3. The van der Waals surface area contributed by atoms with Gasteiger partial charge < -0.3 is 26.1 Å². The fourth-order valence-corrected chi connectivity index (χ4v) is 3.83. The van der Waals surface area contributed by atoms with Gasteiger partial charge in [0.25, 0.3) is 0 Å². The SMILES string of the molecule is C[C-]1COCCN1c1cc(-c2cccc(C(F)(F)F)c2C(N)=O)c(C=N)c(Nc2ccn[nH]2)n1.[Ru+]. The molecule has 3 heterocycles. The molecule has 1 aliphatic rings. The molecular weight excluding hydrogens is 552 g/mol. The molecule has 1 radical (unpaired) electrons. The average molecular weight is 574 g/mol. The Morgan fingerprint density at radius 2 is 2.11 bits per heavy atom. The molecule has 0 unspecified atom stereocenters. The van der Waals surface area contributed by atoms with Crippen molar-refractivity contribution in [2.24, 2.45) is 5.73 Å². The number of H-pyrrole nitrogens is 1. The Morgan fingerprint density at radius 1 is 1.34 bits per heavy atom. The number of ether oxygens (including phenoxy) is 1. The molecule has 9 nitrogen and oxygen atoms in total. The molecule has 0 aliphatic carbocycles. The van der Waals surface area contributed by atoms with E-state index in [9.17, 15) is 18.0 Å². The Morgan fingerprint density at radius 3 is 2.71 bits per heavy atom. The number of hydrogen-bond donors (Lipinski definition) is 4. The number of aromatic amines is 1. The number of carbonyl (C=O) groups is 1. The third-order valence-electron chi connectivity index (χ3n) is 5.36. The zero-order valence-corrected chi connectivity index (χ0v) is 20.1. The minimum atomic E-state index is -4.80. The summed E-state index contributed by atoms with van der Waals surface area (Å²) in [5.41, 5.74) is 3.91. The third kappa shape index (κ3) is 5.36. The van der Waals surface area contributed by atoms with Crippen LogP contribution in [-0.2, 0) is 30.4 Å². The second kappa shape index (κ2) is 10.5. The summed E-state index contributed by atoms with van der Waals surface area (Å²) in [6.45, 7) is 3.12. The number of carbonyl (C=O) groups excluding carboxylic acids is 1. The number of nitrogens with one attached hydrogen (secondary N) is 3. The molecule has 1 aliphatic heterocycles. The number of halogens is 3. The zero-order chi connectivity index (χ0) is 24.5. The van der Waals surface area contributed by atoms with Crippen LogP contribution in [0.15, 0.2) is 36.5 Å². The molecule has 3 aromatic rings. The van der Waals surface area contributed by atoms with Crippen molar-refractivity contribution in [3.05, 3.63) is 59.3 Å². The molecule has 5 N–H and O–H groups in total. The Balaban J connectivity index is 0.00000342. The molecule has 1 aromatic carbocycles. The standard InChI is InChI=1S/C22H21F3N7O2.Ru/c1-12-11-34-8-7-32(12)18-9-14(15(10-26)21(30-18)29-17-5-6-28-31-17)13-3-2-4-16(22(23,24)25)19(13)20(27)33;/h2-6,9-10,26H,7-8,11H2,1H3,(H2,27,33)(H2,28,29,30,31);/q-1;+1. The number of amides is 1. The van der Waals surface area contributed by atoms with Gasteiger partial charge in [0.2, 0.25) is 5.91 Å². The monoisotopic (exact) mass is 574 g/mol. The number of aromatic nitrogens is 3. The maximum atomic E-state index is 13.7. The van der Waals surface area contributed by atoms with Gasteiger partial charge in [-0.05, 0) is 23.3 Å². The van der Waals surface area contributed by atoms with E-state index in [4.69, 9.17) is 15.9 Å². The van der Waals surface area contributed by atoms with E-state index >= 15 is 0 Å². The quantitative estimate of drug-likeness (QED) is 0.202. The summed E-state index contributed by atoms with van der Waals surface area (Å²) in [6, 6.07) is 7.41. The Kier molecular flexibility index (Phi) is 7.91. The first-order chi connectivity index (χ1) is 16.2. The molecular formula is C22H21F3N7O2Ru. The van der Waals surface area contributed by atoms with E-state index in [1.54, 1.807) is 12.1 Å². The molecule has 0 bridgehead atoms. The molecule has 1 amide bonds. The maximum absolute atomic E-state index is 13.7. The predicted molar refractivity (Wildman–Crippen MR) is 120 cm³/mol. The van der Waals surface area contributed by atoms with Gasteiger partial charge in [0.05, 0.1) is 23.9 Å². The first-order valence-corrected chi connectivity index (χ1v) is 10.2. The maximum Gasteiger partial charge on any atom is 1.00 e. The largest absolute Gasteiger partial charge is 1.00 e.